The molecule has 2 heterocycles. The van der Waals surface area contributed by atoms with Gasteiger partial charge in [0.05, 0.1) is 13.2 Å². The summed E-state index contributed by atoms with van der Waals surface area (Å²) >= 11 is 0. The summed E-state index contributed by atoms with van der Waals surface area (Å²) in [6.07, 6.45) is 0.691. The molecule has 1 spiro atoms. The molecule has 2 aliphatic heterocycles. The number of carbonyl (C=O) groups excluding carboxylic acids is 1. The Kier molecular flexibility index (Phi) is 3.43. The maximum atomic E-state index is 12.2. The van der Waals surface area contributed by atoms with Gasteiger partial charge < -0.3 is 19.5 Å². The van der Waals surface area contributed by atoms with Crippen molar-refractivity contribution < 1.29 is 19.0 Å². The summed E-state index contributed by atoms with van der Waals surface area (Å²) in [5.41, 5.74) is -0.478. The average molecular weight is 243 g/mol. The fourth-order valence-electron chi connectivity index (χ4n) is 2.29. The molecule has 0 bridgehead atoms. The van der Waals surface area contributed by atoms with Crippen molar-refractivity contribution in [2.75, 3.05) is 26.3 Å². The number of hydrogen-bond donors (Lipinski definition) is 1. The second kappa shape index (κ2) is 4.55. The van der Waals surface area contributed by atoms with E-state index in [2.05, 4.69) is 5.32 Å². The van der Waals surface area contributed by atoms with Crippen LogP contribution in [0.5, 0.6) is 0 Å². The monoisotopic (exact) mass is 243 g/mol. The molecule has 5 nitrogen and oxygen atoms in total. The van der Waals surface area contributed by atoms with Crippen LogP contribution in [0.15, 0.2) is 0 Å². The molecule has 0 radical (unpaired) electrons. The number of nitrogens with one attached hydrogen (secondary N) is 1. The predicted molar refractivity (Wildman–Crippen MR) is 61.5 cm³/mol. The molecular weight excluding hydrogens is 222 g/mol. The van der Waals surface area contributed by atoms with Gasteiger partial charge in [-0.15, -0.1) is 0 Å². The Bertz CT molecular complexity index is 291. The minimum absolute atomic E-state index is 0.244. The van der Waals surface area contributed by atoms with Gasteiger partial charge in [0.2, 0.25) is 0 Å². The van der Waals surface area contributed by atoms with Gasteiger partial charge in [0.25, 0.3) is 0 Å². The van der Waals surface area contributed by atoms with Gasteiger partial charge in [-0.3, -0.25) is 4.79 Å². The largest absolute Gasteiger partial charge is 0.460 e. The highest BCUT2D eigenvalue weighted by Gasteiger charge is 2.50. The van der Waals surface area contributed by atoms with Gasteiger partial charge in [-0.05, 0) is 20.8 Å². The van der Waals surface area contributed by atoms with Crippen molar-refractivity contribution in [3.8, 4) is 0 Å². The van der Waals surface area contributed by atoms with Crippen LogP contribution in [0, 0.1) is 5.92 Å². The fraction of sp³-hybridized carbons (Fsp3) is 0.917. The summed E-state index contributed by atoms with van der Waals surface area (Å²) in [6.45, 7) is 8.06. The molecule has 2 saturated heterocycles. The van der Waals surface area contributed by atoms with Crippen LogP contribution in [-0.2, 0) is 19.0 Å². The lowest BCUT2D eigenvalue weighted by molar-refractivity contribution is -0.222. The molecule has 2 aliphatic rings. The molecule has 5 heteroatoms. The Labute approximate surface area is 102 Å². The van der Waals surface area contributed by atoms with Crippen LogP contribution in [0.1, 0.15) is 27.2 Å². The lowest BCUT2D eigenvalue weighted by Gasteiger charge is -2.39. The van der Waals surface area contributed by atoms with Crippen LogP contribution >= 0.6 is 0 Å². The standard InChI is InChI=1S/C12H21NO4/c1-11(2,3)17-10(14)9-8-13-5-4-12(9)15-6-7-16-12/h9,13H,4-8H2,1-3H3. The molecule has 98 valence electrons. The Morgan fingerprint density at radius 3 is 2.59 bits per heavy atom. The van der Waals surface area contributed by atoms with E-state index in [4.69, 9.17) is 14.2 Å². The van der Waals surface area contributed by atoms with Crippen molar-refractivity contribution in [3.05, 3.63) is 0 Å². The molecule has 1 atom stereocenters. The van der Waals surface area contributed by atoms with Crippen molar-refractivity contribution in [2.45, 2.75) is 38.6 Å². The minimum atomic E-state index is -0.756. The fourth-order valence-corrected chi connectivity index (χ4v) is 2.29. The zero-order valence-corrected chi connectivity index (χ0v) is 10.7. The number of rotatable bonds is 1. The number of piperidine rings is 1. The van der Waals surface area contributed by atoms with Crippen LogP contribution in [-0.4, -0.2) is 43.7 Å². The summed E-state index contributed by atoms with van der Waals surface area (Å²) < 4.78 is 16.8. The van der Waals surface area contributed by atoms with E-state index in [9.17, 15) is 4.79 Å². The SMILES string of the molecule is CC(C)(C)OC(=O)C1CNCCC12OCCO2. The molecule has 17 heavy (non-hydrogen) atoms. The first-order chi connectivity index (χ1) is 7.93. The summed E-state index contributed by atoms with van der Waals surface area (Å²) in [5, 5.41) is 3.19. The van der Waals surface area contributed by atoms with Gasteiger partial charge in [0, 0.05) is 19.5 Å². The number of ether oxygens (including phenoxy) is 3. The van der Waals surface area contributed by atoms with E-state index in [0.717, 1.165) is 6.54 Å². The Morgan fingerprint density at radius 1 is 1.35 bits per heavy atom. The van der Waals surface area contributed by atoms with E-state index in [-0.39, 0.29) is 11.9 Å². The molecule has 0 amide bonds. The van der Waals surface area contributed by atoms with Crippen LogP contribution in [0.4, 0.5) is 0 Å². The third kappa shape index (κ3) is 2.78. The van der Waals surface area contributed by atoms with Gasteiger partial charge in [-0.1, -0.05) is 0 Å². The van der Waals surface area contributed by atoms with Gasteiger partial charge in [0.15, 0.2) is 5.79 Å². The molecule has 2 fully saturated rings. The van der Waals surface area contributed by atoms with E-state index in [0.29, 0.717) is 26.2 Å². The summed E-state index contributed by atoms with van der Waals surface area (Å²) in [5.74, 6) is -1.38. The molecule has 0 aromatic heterocycles. The molecule has 0 aliphatic carbocycles. The Hall–Kier alpha value is -0.650. The third-order valence-electron chi connectivity index (χ3n) is 3.00. The quantitative estimate of drug-likeness (QED) is 0.686. The molecular formula is C12H21NO4. The highest BCUT2D eigenvalue weighted by atomic mass is 16.7. The third-order valence-corrected chi connectivity index (χ3v) is 3.00. The lowest BCUT2D eigenvalue weighted by atomic mass is 9.91. The topological polar surface area (TPSA) is 56.8 Å². The van der Waals surface area contributed by atoms with Crippen LogP contribution in [0.25, 0.3) is 0 Å². The van der Waals surface area contributed by atoms with Gasteiger partial charge >= 0.3 is 5.97 Å². The molecule has 1 N–H and O–H groups in total. The molecule has 0 aromatic rings. The second-order valence-electron chi connectivity index (χ2n) is 5.55. The summed E-state index contributed by atoms with van der Waals surface area (Å²) in [7, 11) is 0. The van der Waals surface area contributed by atoms with Gasteiger partial charge in [-0.2, -0.15) is 0 Å². The Balaban J connectivity index is 2.08. The molecule has 0 aromatic carbocycles. The zero-order chi connectivity index (χ0) is 12.5. The number of carbonyl (C=O) groups is 1. The van der Waals surface area contributed by atoms with Crippen LogP contribution in [0.2, 0.25) is 0 Å². The molecule has 0 saturated carbocycles. The first-order valence-corrected chi connectivity index (χ1v) is 6.14. The summed E-state index contributed by atoms with van der Waals surface area (Å²) in [4.78, 5) is 12.2. The van der Waals surface area contributed by atoms with Gasteiger partial charge in [-0.25, -0.2) is 0 Å². The average Bonchev–Trinajstić information content (AvgIpc) is 2.65. The normalized spacial score (nSPS) is 28.3. The first kappa shape index (κ1) is 12.8. The molecule has 1 unspecified atom stereocenters. The van der Waals surface area contributed by atoms with Crippen LogP contribution in [0.3, 0.4) is 0 Å². The van der Waals surface area contributed by atoms with E-state index < -0.39 is 11.4 Å². The van der Waals surface area contributed by atoms with Crippen LogP contribution < -0.4 is 5.32 Å². The van der Waals surface area contributed by atoms with Crippen molar-refractivity contribution in [3.63, 3.8) is 0 Å². The van der Waals surface area contributed by atoms with E-state index >= 15 is 0 Å². The van der Waals surface area contributed by atoms with Crippen molar-refractivity contribution in [1.29, 1.82) is 0 Å². The Morgan fingerprint density at radius 2 is 2.00 bits per heavy atom. The maximum Gasteiger partial charge on any atom is 0.316 e. The first-order valence-electron chi connectivity index (χ1n) is 6.14. The summed E-state index contributed by atoms with van der Waals surface area (Å²) in [6, 6.07) is 0. The van der Waals surface area contributed by atoms with Crippen molar-refractivity contribution in [1.82, 2.24) is 5.32 Å². The minimum Gasteiger partial charge on any atom is -0.460 e. The van der Waals surface area contributed by atoms with Gasteiger partial charge in [0.1, 0.15) is 11.5 Å². The van der Waals surface area contributed by atoms with Crippen molar-refractivity contribution in [2.24, 2.45) is 5.92 Å². The highest BCUT2D eigenvalue weighted by Crippen LogP contribution is 2.35. The second-order valence-corrected chi connectivity index (χ2v) is 5.55. The predicted octanol–water partition coefficient (Wildman–Crippen LogP) is 0.681. The maximum absolute atomic E-state index is 12.2. The number of hydrogen-bond acceptors (Lipinski definition) is 5. The smallest absolute Gasteiger partial charge is 0.316 e. The van der Waals surface area contributed by atoms with E-state index in [1.54, 1.807) is 0 Å². The molecule has 2 rings (SSSR count). The number of esters is 1. The van der Waals surface area contributed by atoms with E-state index in [1.807, 2.05) is 20.8 Å². The highest BCUT2D eigenvalue weighted by molar-refractivity contribution is 5.74. The lowest BCUT2D eigenvalue weighted by Crippen LogP contribution is -2.55. The zero-order valence-electron chi connectivity index (χ0n) is 10.7. The van der Waals surface area contributed by atoms with E-state index in [1.165, 1.54) is 0 Å². The van der Waals surface area contributed by atoms with Crippen molar-refractivity contribution >= 4 is 5.97 Å².